The van der Waals surface area contributed by atoms with Crippen molar-refractivity contribution in [1.82, 2.24) is 15.1 Å². The zero-order chi connectivity index (χ0) is 17.6. The highest BCUT2D eigenvalue weighted by atomic mass is 16.1. The van der Waals surface area contributed by atoms with Crippen molar-refractivity contribution < 1.29 is 4.79 Å². The fourth-order valence-electron chi connectivity index (χ4n) is 4.90. The molecule has 3 unspecified atom stereocenters. The quantitative estimate of drug-likeness (QED) is 0.445. The smallest absolute Gasteiger partial charge is 0.221 e. The molecular formula is C19H35N5O. The summed E-state index contributed by atoms with van der Waals surface area (Å²) < 4.78 is 0. The first kappa shape index (κ1) is 18.5. The van der Waals surface area contributed by atoms with Gasteiger partial charge >= 0.3 is 0 Å². The molecule has 3 rings (SSSR count). The number of fused-ring (bicyclic) bond motifs is 1. The van der Waals surface area contributed by atoms with Crippen LogP contribution >= 0.6 is 0 Å². The maximum atomic E-state index is 11.4. The van der Waals surface area contributed by atoms with Gasteiger partial charge < -0.3 is 20.9 Å². The summed E-state index contributed by atoms with van der Waals surface area (Å²) in [4.78, 5) is 20.7. The summed E-state index contributed by atoms with van der Waals surface area (Å²) >= 11 is 0. The second-order valence-electron chi connectivity index (χ2n) is 8.08. The van der Waals surface area contributed by atoms with Gasteiger partial charge in [-0.1, -0.05) is 12.8 Å². The van der Waals surface area contributed by atoms with Gasteiger partial charge in [0.05, 0.1) is 5.92 Å². The Labute approximate surface area is 152 Å². The molecule has 0 bridgehead atoms. The molecule has 3 aliphatic rings. The molecule has 0 aromatic rings. The lowest BCUT2D eigenvalue weighted by Gasteiger charge is -2.31. The summed E-state index contributed by atoms with van der Waals surface area (Å²) in [7, 11) is 1.90. The number of carbonyl (C=O) groups is 1. The van der Waals surface area contributed by atoms with Crippen molar-refractivity contribution in [3.05, 3.63) is 0 Å². The first-order valence-corrected chi connectivity index (χ1v) is 10.1. The number of hydrogen-bond acceptors (Lipinski definition) is 3. The fraction of sp³-hybridized carbons (Fsp3) is 0.895. The first-order valence-electron chi connectivity index (χ1n) is 10.1. The number of hydrogen-bond donors (Lipinski definition) is 2. The maximum absolute atomic E-state index is 11.4. The summed E-state index contributed by atoms with van der Waals surface area (Å²) in [6.45, 7) is 6.25. The monoisotopic (exact) mass is 349 g/mol. The maximum Gasteiger partial charge on any atom is 0.221 e. The Kier molecular flexibility index (Phi) is 6.57. The van der Waals surface area contributed by atoms with Gasteiger partial charge in [0, 0.05) is 33.2 Å². The molecule has 0 aromatic heterocycles. The van der Waals surface area contributed by atoms with Gasteiger partial charge in [-0.2, -0.15) is 0 Å². The molecule has 0 radical (unpaired) electrons. The molecule has 2 saturated heterocycles. The molecule has 142 valence electrons. The number of nitrogens with one attached hydrogen (secondary N) is 1. The largest absolute Gasteiger partial charge is 0.369 e. The van der Waals surface area contributed by atoms with Crippen molar-refractivity contribution in [2.75, 3.05) is 46.3 Å². The number of primary amides is 1. The Morgan fingerprint density at radius 2 is 1.84 bits per heavy atom. The van der Waals surface area contributed by atoms with E-state index in [4.69, 9.17) is 5.73 Å². The lowest BCUT2D eigenvalue weighted by atomic mass is 9.82. The summed E-state index contributed by atoms with van der Waals surface area (Å²) in [6.07, 6.45) is 8.72. The van der Waals surface area contributed by atoms with Crippen LogP contribution in [0.25, 0.3) is 0 Å². The van der Waals surface area contributed by atoms with E-state index in [0.29, 0.717) is 0 Å². The van der Waals surface area contributed by atoms with Gasteiger partial charge in [0.1, 0.15) is 0 Å². The van der Waals surface area contributed by atoms with Crippen molar-refractivity contribution in [1.29, 1.82) is 0 Å². The van der Waals surface area contributed by atoms with Gasteiger partial charge in [0.15, 0.2) is 5.96 Å². The van der Waals surface area contributed by atoms with E-state index in [0.717, 1.165) is 63.2 Å². The Bertz CT molecular complexity index is 466. The molecule has 6 nitrogen and oxygen atoms in total. The molecule has 0 spiro atoms. The Balaban J connectivity index is 1.37. The van der Waals surface area contributed by atoms with Crippen molar-refractivity contribution in [3.63, 3.8) is 0 Å². The summed E-state index contributed by atoms with van der Waals surface area (Å²) in [6, 6.07) is 0. The lowest BCUT2D eigenvalue weighted by molar-refractivity contribution is -0.123. The third-order valence-electron chi connectivity index (χ3n) is 6.33. The molecule has 1 aliphatic carbocycles. The minimum Gasteiger partial charge on any atom is -0.369 e. The normalized spacial score (nSPS) is 31.0. The van der Waals surface area contributed by atoms with Crippen LogP contribution in [0.5, 0.6) is 0 Å². The van der Waals surface area contributed by atoms with E-state index in [1.54, 1.807) is 0 Å². The van der Waals surface area contributed by atoms with Crippen LogP contribution in [0.1, 0.15) is 44.9 Å². The number of guanidine groups is 1. The highest BCUT2D eigenvalue weighted by Gasteiger charge is 2.35. The third kappa shape index (κ3) is 4.87. The fourth-order valence-corrected chi connectivity index (χ4v) is 4.90. The number of nitrogens with zero attached hydrogens (tertiary/aromatic N) is 3. The summed E-state index contributed by atoms with van der Waals surface area (Å²) in [5.41, 5.74) is 5.46. The average Bonchev–Trinajstić information content (AvgIpc) is 3.06. The summed E-state index contributed by atoms with van der Waals surface area (Å²) in [5.74, 6) is 2.74. The zero-order valence-corrected chi connectivity index (χ0v) is 15.8. The van der Waals surface area contributed by atoms with E-state index >= 15 is 0 Å². The number of amides is 1. The van der Waals surface area contributed by atoms with Gasteiger partial charge in [-0.05, 0) is 57.0 Å². The van der Waals surface area contributed by atoms with Crippen LogP contribution in [0.2, 0.25) is 0 Å². The van der Waals surface area contributed by atoms with Gasteiger partial charge in [-0.15, -0.1) is 0 Å². The molecule has 6 heteroatoms. The Morgan fingerprint density at radius 3 is 2.48 bits per heavy atom. The Hall–Kier alpha value is -1.30. The number of aliphatic imine (C=N–C) groups is 1. The van der Waals surface area contributed by atoms with E-state index in [1.807, 2.05) is 7.05 Å². The molecule has 3 atom stereocenters. The molecule has 3 N–H and O–H groups in total. The van der Waals surface area contributed by atoms with Crippen molar-refractivity contribution >= 4 is 11.9 Å². The predicted octanol–water partition coefficient (Wildman–Crippen LogP) is 1.27. The van der Waals surface area contributed by atoms with Gasteiger partial charge in [0.2, 0.25) is 5.91 Å². The van der Waals surface area contributed by atoms with E-state index < -0.39 is 0 Å². The van der Waals surface area contributed by atoms with Crippen LogP contribution in [0.4, 0.5) is 0 Å². The van der Waals surface area contributed by atoms with Gasteiger partial charge in [0.25, 0.3) is 0 Å². The predicted molar refractivity (Wildman–Crippen MR) is 101 cm³/mol. The van der Waals surface area contributed by atoms with Crippen molar-refractivity contribution in [2.24, 2.45) is 28.5 Å². The standard InChI is InChI=1S/C19H35N5O/c1-21-19(24-13-15-6-2-3-7-16(15)14-24)22-9-5-11-23-10-4-8-17(12-23)18(20)25/h15-17H,2-14H2,1H3,(H2,20,25)(H,21,22). The second kappa shape index (κ2) is 8.88. The molecule has 2 heterocycles. The molecular weight excluding hydrogens is 314 g/mol. The van der Waals surface area contributed by atoms with E-state index in [-0.39, 0.29) is 11.8 Å². The van der Waals surface area contributed by atoms with Crippen LogP contribution in [0.15, 0.2) is 4.99 Å². The highest BCUT2D eigenvalue weighted by Crippen LogP contribution is 2.35. The number of likely N-dealkylation sites (tertiary alicyclic amines) is 2. The Morgan fingerprint density at radius 1 is 1.12 bits per heavy atom. The average molecular weight is 350 g/mol. The van der Waals surface area contributed by atoms with E-state index in [2.05, 4.69) is 20.1 Å². The van der Waals surface area contributed by atoms with Gasteiger partial charge in [-0.3, -0.25) is 9.79 Å². The molecule has 1 saturated carbocycles. The van der Waals surface area contributed by atoms with E-state index in [9.17, 15) is 4.79 Å². The van der Waals surface area contributed by atoms with Crippen LogP contribution in [0.3, 0.4) is 0 Å². The van der Waals surface area contributed by atoms with Crippen LogP contribution in [0, 0.1) is 17.8 Å². The van der Waals surface area contributed by atoms with Crippen molar-refractivity contribution in [3.8, 4) is 0 Å². The number of nitrogens with two attached hydrogens (primary N) is 1. The molecule has 25 heavy (non-hydrogen) atoms. The molecule has 2 aliphatic heterocycles. The van der Waals surface area contributed by atoms with Crippen LogP contribution in [-0.4, -0.2) is 68.0 Å². The molecule has 0 aromatic carbocycles. The van der Waals surface area contributed by atoms with Crippen molar-refractivity contribution in [2.45, 2.75) is 44.9 Å². The summed E-state index contributed by atoms with van der Waals surface area (Å²) in [5, 5.41) is 3.55. The van der Waals surface area contributed by atoms with E-state index in [1.165, 1.54) is 38.8 Å². The topological polar surface area (TPSA) is 74.0 Å². The minimum atomic E-state index is -0.140. The minimum absolute atomic E-state index is 0.0439. The third-order valence-corrected chi connectivity index (χ3v) is 6.33. The zero-order valence-electron chi connectivity index (χ0n) is 15.8. The van der Waals surface area contributed by atoms with Gasteiger partial charge in [-0.25, -0.2) is 0 Å². The molecule has 3 fully saturated rings. The van der Waals surface area contributed by atoms with Crippen LogP contribution < -0.4 is 11.1 Å². The number of piperidine rings is 1. The molecule has 1 amide bonds. The number of carbonyl (C=O) groups excluding carboxylic acids is 1. The second-order valence-corrected chi connectivity index (χ2v) is 8.08. The highest BCUT2D eigenvalue weighted by molar-refractivity contribution is 5.80. The lowest BCUT2D eigenvalue weighted by Crippen LogP contribution is -2.43. The first-order chi connectivity index (χ1) is 12.2. The van der Waals surface area contributed by atoms with Crippen LogP contribution in [-0.2, 0) is 4.79 Å². The SMILES string of the molecule is CN=C(NCCCN1CCCC(C(N)=O)C1)N1CC2CCCCC2C1. The number of rotatable bonds is 5.